The average molecular weight is 196 g/mol. The minimum absolute atomic E-state index is 0.208. The van der Waals surface area contributed by atoms with Gasteiger partial charge in [0, 0.05) is 0 Å². The smallest absolute Gasteiger partial charge is 0.238 e. The molecule has 0 radical (unpaired) electrons. The second-order valence-corrected chi connectivity index (χ2v) is 5.10. The molecule has 3 N–H and O–H groups in total. The lowest BCUT2D eigenvalue weighted by molar-refractivity contribution is -0.125. The van der Waals surface area contributed by atoms with Crippen molar-refractivity contribution < 1.29 is 4.79 Å². The van der Waals surface area contributed by atoms with E-state index in [1.54, 1.807) is 13.8 Å². The van der Waals surface area contributed by atoms with E-state index < -0.39 is 11.6 Å². The Morgan fingerprint density at radius 3 is 2.07 bits per heavy atom. The molecule has 0 saturated carbocycles. The number of hydrogen-bond acceptors (Lipinski definition) is 2. The first-order chi connectivity index (χ1) is 6.10. The van der Waals surface area contributed by atoms with Gasteiger partial charge in [0.2, 0.25) is 5.91 Å². The molecule has 0 spiro atoms. The highest BCUT2D eigenvalue weighted by Crippen LogP contribution is 2.17. The average Bonchev–Trinajstić information content (AvgIpc) is 2.00. The maximum Gasteiger partial charge on any atom is 0.238 e. The molecule has 1 atom stereocenters. The number of rotatable bonds is 2. The fraction of sp³-hybridized carbons (Fsp3) is 0.727. The predicted octanol–water partition coefficient (Wildman–Crippen LogP) is 0.888. The third kappa shape index (κ3) is 3.80. The Balaban J connectivity index is 4.47. The van der Waals surface area contributed by atoms with Crippen molar-refractivity contribution in [2.45, 2.75) is 46.2 Å². The van der Waals surface area contributed by atoms with Crippen LogP contribution in [0.3, 0.4) is 0 Å². The number of nitrogens with two attached hydrogens (primary N) is 1. The second kappa shape index (κ2) is 4.02. The van der Waals surface area contributed by atoms with E-state index in [-0.39, 0.29) is 11.3 Å². The van der Waals surface area contributed by atoms with Crippen LogP contribution < -0.4 is 11.1 Å². The Morgan fingerprint density at radius 2 is 1.79 bits per heavy atom. The zero-order valence-electron chi connectivity index (χ0n) is 9.64. The van der Waals surface area contributed by atoms with Gasteiger partial charge in [0.1, 0.15) is 0 Å². The van der Waals surface area contributed by atoms with E-state index in [1.807, 2.05) is 20.8 Å². The monoisotopic (exact) mass is 196 g/mol. The van der Waals surface area contributed by atoms with Gasteiger partial charge in [-0.1, -0.05) is 26.7 Å². The van der Waals surface area contributed by atoms with E-state index in [2.05, 4.69) is 11.2 Å². The summed E-state index contributed by atoms with van der Waals surface area (Å²) in [6.45, 7) is 9.28. The summed E-state index contributed by atoms with van der Waals surface area (Å²) in [5.74, 6) is 2.28. The van der Waals surface area contributed by atoms with Crippen LogP contribution in [0.5, 0.6) is 0 Å². The van der Waals surface area contributed by atoms with Gasteiger partial charge < -0.3 is 11.1 Å². The fourth-order valence-corrected chi connectivity index (χ4v) is 0.815. The molecule has 0 aliphatic heterocycles. The highest BCUT2D eigenvalue weighted by molar-refractivity contribution is 5.83. The van der Waals surface area contributed by atoms with Crippen molar-refractivity contribution in [3.63, 3.8) is 0 Å². The lowest BCUT2D eigenvalue weighted by Crippen LogP contribution is -2.54. The summed E-state index contributed by atoms with van der Waals surface area (Å²) >= 11 is 0. The van der Waals surface area contributed by atoms with Crippen molar-refractivity contribution in [1.82, 2.24) is 5.32 Å². The van der Waals surface area contributed by atoms with Crippen molar-refractivity contribution in [3.05, 3.63) is 0 Å². The van der Waals surface area contributed by atoms with Crippen LogP contribution in [0.15, 0.2) is 0 Å². The van der Waals surface area contributed by atoms with Crippen LogP contribution in [-0.4, -0.2) is 17.5 Å². The molecule has 0 aromatic carbocycles. The largest absolute Gasteiger partial charge is 0.339 e. The standard InChI is InChI=1S/C11H20N2O/c1-7-11(5,6)13-9(14)8(12)10(2,3)4/h1,8H,12H2,2-6H3,(H,13,14)/t8-/m0/s1. The summed E-state index contributed by atoms with van der Waals surface area (Å²) < 4.78 is 0. The number of carbonyl (C=O) groups excluding carboxylic acids is 1. The summed E-state index contributed by atoms with van der Waals surface area (Å²) in [4.78, 5) is 11.6. The number of carbonyl (C=O) groups is 1. The number of hydrogen-bond donors (Lipinski definition) is 2. The highest BCUT2D eigenvalue weighted by Gasteiger charge is 2.30. The molecule has 0 unspecified atom stereocenters. The molecule has 0 rings (SSSR count). The lowest BCUT2D eigenvalue weighted by atomic mass is 9.86. The van der Waals surface area contributed by atoms with Crippen LogP contribution in [0.2, 0.25) is 0 Å². The zero-order valence-corrected chi connectivity index (χ0v) is 9.64. The summed E-state index contributed by atoms with van der Waals surface area (Å²) in [5, 5.41) is 2.71. The highest BCUT2D eigenvalue weighted by atomic mass is 16.2. The molecule has 0 saturated heterocycles. The maximum atomic E-state index is 11.6. The molecule has 80 valence electrons. The molecular weight excluding hydrogens is 176 g/mol. The van der Waals surface area contributed by atoms with Crippen LogP contribution in [-0.2, 0) is 4.79 Å². The molecule has 0 aromatic rings. The van der Waals surface area contributed by atoms with Crippen molar-refractivity contribution in [1.29, 1.82) is 0 Å². The van der Waals surface area contributed by atoms with Gasteiger partial charge in [0.15, 0.2) is 0 Å². The van der Waals surface area contributed by atoms with Crippen LogP contribution >= 0.6 is 0 Å². The third-order valence-corrected chi connectivity index (χ3v) is 2.01. The Morgan fingerprint density at radius 1 is 1.36 bits per heavy atom. The quantitative estimate of drug-likeness (QED) is 0.644. The van der Waals surface area contributed by atoms with E-state index in [0.717, 1.165) is 0 Å². The molecule has 14 heavy (non-hydrogen) atoms. The van der Waals surface area contributed by atoms with Gasteiger partial charge in [-0.2, -0.15) is 0 Å². The van der Waals surface area contributed by atoms with Gasteiger partial charge in [-0.25, -0.2) is 0 Å². The SMILES string of the molecule is C#CC(C)(C)NC(=O)[C@H](N)C(C)(C)C. The molecule has 0 bridgehead atoms. The van der Waals surface area contributed by atoms with Crippen molar-refractivity contribution >= 4 is 5.91 Å². The van der Waals surface area contributed by atoms with Gasteiger partial charge >= 0.3 is 0 Å². The second-order valence-electron chi connectivity index (χ2n) is 5.10. The van der Waals surface area contributed by atoms with Gasteiger partial charge in [-0.3, -0.25) is 4.79 Å². The van der Waals surface area contributed by atoms with E-state index >= 15 is 0 Å². The van der Waals surface area contributed by atoms with Gasteiger partial charge in [0.25, 0.3) is 0 Å². The minimum Gasteiger partial charge on any atom is -0.339 e. The van der Waals surface area contributed by atoms with Crippen LogP contribution in [0, 0.1) is 17.8 Å². The van der Waals surface area contributed by atoms with E-state index in [1.165, 1.54) is 0 Å². The van der Waals surface area contributed by atoms with Crippen LogP contribution in [0.4, 0.5) is 0 Å². The number of nitrogens with one attached hydrogen (secondary N) is 1. The summed E-state index contributed by atoms with van der Waals surface area (Å²) in [6, 6.07) is -0.546. The number of amides is 1. The molecule has 0 heterocycles. The molecule has 0 aliphatic rings. The maximum absolute atomic E-state index is 11.6. The van der Waals surface area contributed by atoms with Gasteiger partial charge in [0.05, 0.1) is 11.6 Å². The normalized spacial score (nSPS) is 14.4. The minimum atomic E-state index is -0.639. The fourth-order valence-electron chi connectivity index (χ4n) is 0.815. The van der Waals surface area contributed by atoms with Crippen molar-refractivity contribution in [3.8, 4) is 12.3 Å². The Bertz CT molecular complexity index is 255. The molecule has 3 nitrogen and oxygen atoms in total. The van der Waals surface area contributed by atoms with Crippen molar-refractivity contribution in [2.75, 3.05) is 0 Å². The van der Waals surface area contributed by atoms with Crippen LogP contribution in [0.25, 0.3) is 0 Å². The third-order valence-electron chi connectivity index (χ3n) is 2.01. The Kier molecular flexibility index (Phi) is 3.73. The van der Waals surface area contributed by atoms with Crippen molar-refractivity contribution in [2.24, 2.45) is 11.1 Å². The van der Waals surface area contributed by atoms with E-state index in [4.69, 9.17) is 12.2 Å². The predicted molar refractivity (Wildman–Crippen MR) is 58.5 cm³/mol. The van der Waals surface area contributed by atoms with Crippen LogP contribution in [0.1, 0.15) is 34.6 Å². The topological polar surface area (TPSA) is 55.1 Å². The summed E-state index contributed by atoms with van der Waals surface area (Å²) in [7, 11) is 0. The van der Waals surface area contributed by atoms with E-state index in [0.29, 0.717) is 0 Å². The van der Waals surface area contributed by atoms with E-state index in [9.17, 15) is 4.79 Å². The lowest BCUT2D eigenvalue weighted by Gasteiger charge is -2.29. The summed E-state index contributed by atoms with van der Waals surface area (Å²) in [6.07, 6.45) is 5.26. The Hall–Kier alpha value is -1.01. The van der Waals surface area contributed by atoms with Gasteiger partial charge in [-0.05, 0) is 19.3 Å². The molecule has 0 aromatic heterocycles. The Labute approximate surface area is 86.4 Å². The first-order valence-electron chi connectivity index (χ1n) is 4.65. The first kappa shape index (κ1) is 13.0. The molecule has 0 fully saturated rings. The molecular formula is C11H20N2O. The first-order valence-corrected chi connectivity index (χ1v) is 4.65. The zero-order chi connectivity index (χ0) is 11.6. The molecule has 3 heteroatoms. The number of terminal acetylenes is 1. The summed E-state index contributed by atoms with van der Waals surface area (Å²) in [5.41, 5.74) is 4.88. The molecule has 0 aliphatic carbocycles. The van der Waals surface area contributed by atoms with Gasteiger partial charge in [-0.15, -0.1) is 6.42 Å². The molecule has 1 amide bonds.